The second-order valence-corrected chi connectivity index (χ2v) is 5.01. The van der Waals surface area contributed by atoms with E-state index in [0.717, 1.165) is 24.3 Å². The molecule has 0 bridgehead atoms. The van der Waals surface area contributed by atoms with Gasteiger partial charge in [-0.15, -0.1) is 11.3 Å². The summed E-state index contributed by atoms with van der Waals surface area (Å²) in [4.78, 5) is 6.38. The zero-order valence-corrected chi connectivity index (χ0v) is 10.0. The third-order valence-corrected chi connectivity index (χ3v) is 3.68. The normalized spacial score (nSPS) is 14.1. The molecule has 0 spiro atoms. The number of fused-ring (bicyclic) bond motifs is 1. The Morgan fingerprint density at radius 3 is 3.12 bits per heavy atom. The fourth-order valence-electron chi connectivity index (χ4n) is 2.17. The lowest BCUT2D eigenvalue weighted by Crippen LogP contribution is -2.19. The standard InChI is InChI=1S/C12H12FN3S/c13-9-2-1-8-3-4-16(11(8)5-9)6-10-7-17-12(14)15-10/h1-2,5,7H,3-4,6H2,(H2,14,15). The summed E-state index contributed by atoms with van der Waals surface area (Å²) in [6.45, 7) is 1.61. The molecule has 0 saturated heterocycles. The number of hydrogen-bond donors (Lipinski definition) is 1. The van der Waals surface area contributed by atoms with E-state index in [1.165, 1.54) is 23.0 Å². The van der Waals surface area contributed by atoms with Gasteiger partial charge in [-0.1, -0.05) is 6.07 Å². The van der Waals surface area contributed by atoms with Gasteiger partial charge in [-0.05, 0) is 24.1 Å². The van der Waals surface area contributed by atoms with Gasteiger partial charge in [-0.3, -0.25) is 0 Å². The summed E-state index contributed by atoms with van der Waals surface area (Å²) in [6, 6.07) is 4.97. The highest BCUT2D eigenvalue weighted by Crippen LogP contribution is 2.30. The molecule has 2 aromatic rings. The fraction of sp³-hybridized carbons (Fsp3) is 0.250. The maximum Gasteiger partial charge on any atom is 0.180 e. The van der Waals surface area contributed by atoms with Crippen LogP contribution in [0.25, 0.3) is 0 Å². The van der Waals surface area contributed by atoms with Gasteiger partial charge in [0.1, 0.15) is 5.82 Å². The number of nitrogens with two attached hydrogens (primary N) is 1. The zero-order valence-electron chi connectivity index (χ0n) is 9.19. The maximum absolute atomic E-state index is 13.2. The lowest BCUT2D eigenvalue weighted by Gasteiger charge is -2.17. The average molecular weight is 249 g/mol. The molecule has 2 N–H and O–H groups in total. The molecule has 1 aromatic carbocycles. The highest BCUT2D eigenvalue weighted by Gasteiger charge is 2.20. The average Bonchev–Trinajstić information content (AvgIpc) is 2.87. The molecular weight excluding hydrogens is 237 g/mol. The van der Waals surface area contributed by atoms with Crippen LogP contribution in [0.15, 0.2) is 23.6 Å². The number of nitrogens with zero attached hydrogens (tertiary/aromatic N) is 2. The quantitative estimate of drug-likeness (QED) is 0.888. The minimum atomic E-state index is -0.187. The first-order chi connectivity index (χ1) is 8.22. The number of halogens is 1. The largest absolute Gasteiger partial charge is 0.375 e. The summed E-state index contributed by atoms with van der Waals surface area (Å²) in [5.74, 6) is -0.187. The van der Waals surface area contributed by atoms with E-state index in [2.05, 4.69) is 9.88 Å². The Kier molecular flexibility index (Phi) is 2.48. The Morgan fingerprint density at radius 1 is 1.47 bits per heavy atom. The minimum absolute atomic E-state index is 0.187. The van der Waals surface area contributed by atoms with Crippen LogP contribution in [-0.4, -0.2) is 11.5 Å². The molecule has 0 radical (unpaired) electrons. The maximum atomic E-state index is 13.2. The van der Waals surface area contributed by atoms with Crippen LogP contribution in [0.3, 0.4) is 0 Å². The molecule has 0 fully saturated rings. The Hall–Kier alpha value is -1.62. The number of rotatable bonds is 2. The summed E-state index contributed by atoms with van der Waals surface area (Å²) in [5.41, 5.74) is 8.74. The highest BCUT2D eigenvalue weighted by atomic mass is 32.1. The molecule has 17 heavy (non-hydrogen) atoms. The van der Waals surface area contributed by atoms with Crippen molar-refractivity contribution in [3.63, 3.8) is 0 Å². The van der Waals surface area contributed by atoms with Gasteiger partial charge >= 0.3 is 0 Å². The molecular formula is C12H12FN3S. The molecule has 2 heterocycles. The van der Waals surface area contributed by atoms with Gasteiger partial charge in [0.05, 0.1) is 12.2 Å². The zero-order chi connectivity index (χ0) is 11.8. The van der Waals surface area contributed by atoms with Crippen molar-refractivity contribution in [2.45, 2.75) is 13.0 Å². The molecule has 3 nitrogen and oxygen atoms in total. The third-order valence-electron chi connectivity index (χ3n) is 2.96. The van der Waals surface area contributed by atoms with Gasteiger partial charge in [0.25, 0.3) is 0 Å². The van der Waals surface area contributed by atoms with Gasteiger partial charge in [-0.2, -0.15) is 0 Å². The fourth-order valence-corrected chi connectivity index (χ4v) is 2.73. The van der Waals surface area contributed by atoms with E-state index in [1.807, 2.05) is 11.4 Å². The molecule has 1 aliphatic rings. The monoisotopic (exact) mass is 249 g/mol. The summed E-state index contributed by atoms with van der Waals surface area (Å²) in [7, 11) is 0. The summed E-state index contributed by atoms with van der Waals surface area (Å²) < 4.78 is 13.2. The lowest BCUT2D eigenvalue weighted by molar-refractivity contribution is 0.627. The number of nitrogen functional groups attached to an aromatic ring is 1. The molecule has 0 aliphatic carbocycles. The molecule has 88 valence electrons. The van der Waals surface area contributed by atoms with E-state index >= 15 is 0 Å². The van der Waals surface area contributed by atoms with E-state index in [0.29, 0.717) is 11.7 Å². The number of anilines is 2. The van der Waals surface area contributed by atoms with E-state index in [-0.39, 0.29) is 5.82 Å². The van der Waals surface area contributed by atoms with Crippen molar-refractivity contribution >= 4 is 22.2 Å². The first-order valence-corrected chi connectivity index (χ1v) is 6.33. The Balaban J connectivity index is 1.86. The van der Waals surface area contributed by atoms with Crippen molar-refractivity contribution in [3.05, 3.63) is 40.7 Å². The van der Waals surface area contributed by atoms with Crippen LogP contribution in [0, 0.1) is 5.82 Å². The van der Waals surface area contributed by atoms with Gasteiger partial charge in [0.15, 0.2) is 5.13 Å². The Labute approximate surface area is 103 Å². The van der Waals surface area contributed by atoms with E-state index < -0.39 is 0 Å². The van der Waals surface area contributed by atoms with Gasteiger partial charge < -0.3 is 10.6 Å². The number of aromatic nitrogens is 1. The smallest absolute Gasteiger partial charge is 0.180 e. The predicted octanol–water partition coefficient (Wildman–Crippen LogP) is 2.43. The second-order valence-electron chi connectivity index (χ2n) is 4.12. The van der Waals surface area contributed by atoms with Crippen LogP contribution in [-0.2, 0) is 13.0 Å². The van der Waals surface area contributed by atoms with Crippen molar-refractivity contribution in [1.82, 2.24) is 4.98 Å². The lowest BCUT2D eigenvalue weighted by atomic mass is 10.2. The van der Waals surface area contributed by atoms with Crippen LogP contribution in [0.1, 0.15) is 11.3 Å². The van der Waals surface area contributed by atoms with Crippen molar-refractivity contribution in [2.75, 3.05) is 17.2 Å². The molecule has 0 unspecified atom stereocenters. The van der Waals surface area contributed by atoms with E-state index in [9.17, 15) is 4.39 Å². The number of benzene rings is 1. The van der Waals surface area contributed by atoms with Crippen LogP contribution in [0.5, 0.6) is 0 Å². The summed E-state index contributed by atoms with van der Waals surface area (Å²) in [6.07, 6.45) is 0.967. The van der Waals surface area contributed by atoms with Crippen LogP contribution >= 0.6 is 11.3 Å². The predicted molar refractivity (Wildman–Crippen MR) is 67.7 cm³/mol. The molecule has 0 atom stereocenters. The van der Waals surface area contributed by atoms with E-state index in [1.54, 1.807) is 6.07 Å². The topological polar surface area (TPSA) is 42.1 Å². The highest BCUT2D eigenvalue weighted by molar-refractivity contribution is 7.13. The first-order valence-electron chi connectivity index (χ1n) is 5.45. The second kappa shape index (κ2) is 4.00. The van der Waals surface area contributed by atoms with Crippen LogP contribution in [0.4, 0.5) is 15.2 Å². The minimum Gasteiger partial charge on any atom is -0.375 e. The molecule has 0 amide bonds. The van der Waals surface area contributed by atoms with Crippen molar-refractivity contribution in [3.8, 4) is 0 Å². The summed E-state index contributed by atoms with van der Waals surface area (Å²) >= 11 is 1.44. The van der Waals surface area contributed by atoms with E-state index in [4.69, 9.17) is 5.73 Å². The van der Waals surface area contributed by atoms with Gasteiger partial charge in [-0.25, -0.2) is 9.37 Å². The Bertz CT molecular complexity index is 552. The third kappa shape index (κ3) is 1.98. The van der Waals surface area contributed by atoms with Crippen molar-refractivity contribution < 1.29 is 4.39 Å². The van der Waals surface area contributed by atoms with Crippen molar-refractivity contribution in [2.24, 2.45) is 0 Å². The Morgan fingerprint density at radius 2 is 2.35 bits per heavy atom. The molecule has 5 heteroatoms. The number of thiazole rings is 1. The summed E-state index contributed by atoms with van der Waals surface area (Å²) in [5, 5.41) is 2.53. The first kappa shape index (κ1) is 10.5. The van der Waals surface area contributed by atoms with Crippen molar-refractivity contribution in [1.29, 1.82) is 0 Å². The number of hydrogen-bond acceptors (Lipinski definition) is 4. The van der Waals surface area contributed by atoms with Crippen LogP contribution in [0.2, 0.25) is 0 Å². The molecule has 1 aromatic heterocycles. The SMILES string of the molecule is Nc1nc(CN2CCc3ccc(F)cc32)cs1. The molecule has 0 saturated carbocycles. The van der Waals surface area contributed by atoms with Gasteiger partial charge in [0, 0.05) is 17.6 Å². The van der Waals surface area contributed by atoms with Gasteiger partial charge in [0.2, 0.25) is 0 Å². The molecule has 1 aliphatic heterocycles. The van der Waals surface area contributed by atoms with Crippen LogP contribution < -0.4 is 10.6 Å². The molecule has 3 rings (SSSR count).